The molecule has 4 aromatic rings. The quantitative estimate of drug-likeness (QED) is 0.164. The van der Waals surface area contributed by atoms with Crippen molar-refractivity contribution < 1.29 is 41.0 Å². The maximum Gasteiger partial charge on any atom is 0.0267 e. The molecule has 0 aliphatic heterocycles. The molecule has 0 amide bonds. The van der Waals surface area contributed by atoms with Gasteiger partial charge in [0.15, 0.2) is 0 Å². The fourth-order valence-electron chi connectivity index (χ4n) is 2.69. The number of nitro benzene ring substituents is 1. The van der Waals surface area contributed by atoms with Crippen molar-refractivity contribution in [3.8, 4) is 17.0 Å². The van der Waals surface area contributed by atoms with Crippen molar-refractivity contribution in [3.05, 3.63) is 112 Å². The van der Waals surface area contributed by atoms with Crippen LogP contribution in [0.15, 0.2) is 102 Å². The molecule has 0 unspecified atom stereocenters. The summed E-state index contributed by atoms with van der Waals surface area (Å²) in [4.78, 5) is 18.0. The van der Waals surface area contributed by atoms with E-state index in [1.165, 1.54) is 32.9 Å². The molecule has 0 bridgehead atoms. The summed E-state index contributed by atoms with van der Waals surface area (Å²) in [5.74, 6) is 0.437. The molecule has 2 aromatic carbocycles. The van der Waals surface area contributed by atoms with Crippen LogP contribution in [0.25, 0.3) is 16.0 Å². The molecule has 184 valence electrons. The minimum Gasteiger partial charge on any atom is -0.265 e. The van der Waals surface area contributed by atoms with Gasteiger partial charge in [0.1, 0.15) is 15.8 Å². The monoisotopic (exact) mass is 588 g/mol. The Labute approximate surface area is 213 Å². The number of pyridine rings is 2. The topological polar surface area (TPSA) is 126 Å². The van der Waals surface area contributed by atoms with Crippen molar-refractivity contribution in [2.24, 2.45) is 0 Å². The van der Waals surface area contributed by atoms with Crippen molar-refractivity contribution in [2.45, 2.75) is 4.90 Å². The van der Waals surface area contributed by atoms with Crippen LogP contribution in [0.1, 0.15) is 0 Å². The first-order valence-electron chi connectivity index (χ1n) is 9.69. The Morgan fingerprint density at radius 2 is 1.60 bits per heavy atom. The van der Waals surface area contributed by atoms with Crippen molar-refractivity contribution >= 4 is 21.4 Å². The summed E-state index contributed by atoms with van der Waals surface area (Å²) in [5, 5.41) is 10.7. The number of methoxy groups -OCH3 is 1. The molecule has 0 fully saturated rings. The number of halogens is 1. The van der Waals surface area contributed by atoms with Crippen LogP contribution < -0.4 is 4.74 Å². The minimum atomic E-state index is -4.09. The largest absolute Gasteiger partial charge is 0.265 e. The van der Waals surface area contributed by atoms with Crippen LogP contribution in [-0.2, 0) is 29.7 Å². The SMILES string of the molecule is COc1ccc(-c2ccccn2)c([N-]S(=O)(=O)c2ccc([N+](=O)[O-])cc2)c1.[F][Pd+].c1ccncc1. The number of rotatable bonds is 6. The average Bonchev–Trinajstić information content (AvgIpc) is 2.91. The summed E-state index contributed by atoms with van der Waals surface area (Å²) in [6, 6.07) is 20.4. The number of non-ortho nitro benzene ring substituents is 1. The van der Waals surface area contributed by atoms with Gasteiger partial charge in [-0.3, -0.25) is 20.1 Å². The van der Waals surface area contributed by atoms with Gasteiger partial charge in [-0.25, -0.2) is 8.42 Å². The van der Waals surface area contributed by atoms with Crippen LogP contribution in [0.5, 0.6) is 5.75 Å². The summed E-state index contributed by atoms with van der Waals surface area (Å²) >= 11 is 1.25. The van der Waals surface area contributed by atoms with E-state index < -0.39 is 14.9 Å². The number of nitrogens with zero attached hydrogens (tertiary/aromatic N) is 4. The maximum atomic E-state index is 12.7. The third kappa shape index (κ3) is 8.22. The van der Waals surface area contributed by atoms with E-state index in [9.17, 15) is 21.8 Å². The van der Waals surface area contributed by atoms with E-state index >= 15 is 0 Å². The number of sulfonamides is 1. The van der Waals surface area contributed by atoms with E-state index in [-0.39, 0.29) is 16.3 Å². The van der Waals surface area contributed by atoms with Gasteiger partial charge in [0, 0.05) is 30.7 Å². The molecule has 0 aliphatic rings. The van der Waals surface area contributed by atoms with Gasteiger partial charge < -0.3 is 9.46 Å². The van der Waals surface area contributed by atoms with Crippen molar-refractivity contribution in [1.29, 1.82) is 0 Å². The number of hydrogen-bond donors (Lipinski definition) is 0. The third-order valence-electron chi connectivity index (χ3n) is 4.28. The molecule has 0 saturated heterocycles. The van der Waals surface area contributed by atoms with Gasteiger partial charge in [-0.05, 0) is 54.1 Å². The molecule has 35 heavy (non-hydrogen) atoms. The third-order valence-corrected chi connectivity index (χ3v) is 5.58. The Bertz CT molecular complexity index is 1290. The van der Waals surface area contributed by atoms with Crippen LogP contribution in [0.3, 0.4) is 0 Å². The first-order valence-corrected chi connectivity index (χ1v) is 11.7. The molecule has 0 saturated carbocycles. The predicted molar refractivity (Wildman–Crippen MR) is 125 cm³/mol. The Morgan fingerprint density at radius 1 is 0.943 bits per heavy atom. The van der Waals surface area contributed by atoms with Gasteiger partial charge in [0.2, 0.25) is 0 Å². The Kier molecular flexibility index (Phi) is 10.9. The second kappa shape index (κ2) is 13.9. The molecule has 2 aromatic heterocycles. The molecular formula is C23H19FN4O5PdS. The van der Waals surface area contributed by atoms with Gasteiger partial charge in [0.05, 0.1) is 22.6 Å². The first-order chi connectivity index (χ1) is 16.9. The number of benzene rings is 2. The van der Waals surface area contributed by atoms with E-state index in [4.69, 9.17) is 4.74 Å². The summed E-state index contributed by atoms with van der Waals surface area (Å²) < 4.78 is 43.7. The van der Waals surface area contributed by atoms with Gasteiger partial charge in [0.25, 0.3) is 5.69 Å². The standard InChI is InChI=1S/C18H14N3O5S.C5H5N.FH.Pd/c1-26-14-7-10-16(17-4-2-3-11-19-17)18(12-14)20-27(24,25)15-8-5-13(6-9-15)21(22)23;1-2-4-6-5-3-1;;/h2-12H,1H3;1-5H;1H;/q-1;;;+2/p-1. The summed E-state index contributed by atoms with van der Waals surface area (Å²) in [7, 11) is -2.63. The normalized spacial score (nSPS) is 10.1. The van der Waals surface area contributed by atoms with Crippen LogP contribution in [-0.4, -0.2) is 30.4 Å². The minimum absolute atomic E-state index is 0.150. The number of aromatic nitrogens is 2. The molecule has 2 heterocycles. The van der Waals surface area contributed by atoms with E-state index in [0.717, 1.165) is 24.3 Å². The molecule has 0 atom stereocenters. The molecular weight excluding hydrogens is 570 g/mol. The van der Waals surface area contributed by atoms with E-state index in [2.05, 4.69) is 14.7 Å². The molecule has 12 heteroatoms. The zero-order valence-corrected chi connectivity index (χ0v) is 20.5. The number of nitro groups is 1. The second-order valence-corrected chi connectivity index (χ2v) is 8.04. The van der Waals surface area contributed by atoms with E-state index in [0.29, 0.717) is 17.0 Å². The number of ether oxygens (including phenoxy) is 1. The van der Waals surface area contributed by atoms with Crippen molar-refractivity contribution in [3.63, 3.8) is 0 Å². The van der Waals surface area contributed by atoms with E-state index in [1.54, 1.807) is 48.9 Å². The summed E-state index contributed by atoms with van der Waals surface area (Å²) in [5.41, 5.74) is 1.02. The maximum absolute atomic E-state index is 12.7. The second-order valence-electron chi connectivity index (χ2n) is 6.44. The molecule has 0 spiro atoms. The van der Waals surface area contributed by atoms with Crippen molar-refractivity contribution in [2.75, 3.05) is 7.11 Å². The summed E-state index contributed by atoms with van der Waals surface area (Å²) in [6.45, 7) is 0. The van der Waals surface area contributed by atoms with Gasteiger partial charge in [-0.15, -0.1) is 5.69 Å². The van der Waals surface area contributed by atoms with Crippen LogP contribution in [0, 0.1) is 10.1 Å². The number of hydrogen-bond acceptors (Lipinski definition) is 7. The van der Waals surface area contributed by atoms with Crippen LogP contribution >= 0.6 is 0 Å². The van der Waals surface area contributed by atoms with Gasteiger partial charge in [-0.2, -0.15) is 0 Å². The molecule has 4 rings (SSSR count). The molecule has 0 N–H and O–H groups in total. The van der Waals surface area contributed by atoms with Gasteiger partial charge in [-0.1, -0.05) is 18.2 Å². The molecule has 9 nitrogen and oxygen atoms in total. The fraction of sp³-hybridized carbons (Fsp3) is 0.0435. The summed E-state index contributed by atoms with van der Waals surface area (Å²) in [6.07, 6.45) is 5.09. The Morgan fingerprint density at radius 3 is 2.09 bits per heavy atom. The Hall–Kier alpha value is -3.72. The Balaban J connectivity index is 0.000000463. The predicted octanol–water partition coefficient (Wildman–Crippen LogP) is 5.56. The average molecular weight is 589 g/mol. The van der Waals surface area contributed by atoms with Crippen LogP contribution in [0.2, 0.25) is 0 Å². The zero-order valence-electron chi connectivity index (χ0n) is 18.2. The molecule has 0 radical (unpaired) electrons. The fourth-order valence-corrected chi connectivity index (χ4v) is 3.68. The van der Waals surface area contributed by atoms with Crippen LogP contribution in [0.4, 0.5) is 14.6 Å². The molecule has 0 aliphatic carbocycles. The van der Waals surface area contributed by atoms with Gasteiger partial charge >= 0.3 is 22.9 Å². The first kappa shape index (κ1) is 27.5. The van der Waals surface area contributed by atoms with E-state index in [1.807, 2.05) is 18.2 Å². The zero-order chi connectivity index (χ0) is 25.7. The van der Waals surface area contributed by atoms with Crippen molar-refractivity contribution in [1.82, 2.24) is 9.97 Å². The smallest absolute Gasteiger partial charge is 0.0267 e.